The van der Waals surface area contributed by atoms with Crippen molar-refractivity contribution in [3.05, 3.63) is 34.6 Å². The third-order valence-corrected chi connectivity index (χ3v) is 3.32. The Hall–Kier alpha value is -2.01. The molecule has 2 rings (SSSR count). The van der Waals surface area contributed by atoms with E-state index in [4.69, 9.17) is 10.5 Å². The first kappa shape index (κ1) is 14.4. The van der Waals surface area contributed by atoms with Crippen LogP contribution in [-0.2, 0) is 0 Å². The van der Waals surface area contributed by atoms with Gasteiger partial charge in [0.25, 0.3) is 0 Å². The highest BCUT2D eigenvalue weighted by Crippen LogP contribution is 2.26. The highest BCUT2D eigenvalue weighted by molar-refractivity contribution is 5.91. The number of pyridine rings is 1. The van der Waals surface area contributed by atoms with E-state index in [0.717, 1.165) is 24.0 Å². The highest BCUT2D eigenvalue weighted by atomic mass is 16.5. The smallest absolute Gasteiger partial charge is 0.189 e. The molecule has 108 valence electrons. The van der Waals surface area contributed by atoms with Gasteiger partial charge in [0.2, 0.25) is 0 Å². The maximum atomic E-state index is 11.9. The molecule has 1 unspecified atom stereocenters. The molecule has 0 saturated carbocycles. The molecule has 1 atom stereocenters. The standard InChI is InChI=1S/C15H21N3O2/c1-10(4-3-6-16)18-13-9-11(20-2)8-12-14(19)5-7-17-15(12)13/h5,7-10,18H,3-4,6,16H2,1-2H3,(H,17,19). The molecule has 0 aliphatic heterocycles. The average molecular weight is 275 g/mol. The number of methoxy groups -OCH3 is 1. The molecule has 0 saturated heterocycles. The lowest BCUT2D eigenvalue weighted by molar-refractivity contribution is 0.415. The number of benzene rings is 1. The molecule has 20 heavy (non-hydrogen) atoms. The van der Waals surface area contributed by atoms with Gasteiger partial charge in [0.1, 0.15) is 5.75 Å². The van der Waals surface area contributed by atoms with E-state index in [0.29, 0.717) is 17.7 Å². The number of aromatic nitrogens is 1. The van der Waals surface area contributed by atoms with Crippen molar-refractivity contribution >= 4 is 16.6 Å². The number of rotatable bonds is 6. The van der Waals surface area contributed by atoms with Crippen LogP contribution >= 0.6 is 0 Å². The fourth-order valence-corrected chi connectivity index (χ4v) is 2.25. The summed E-state index contributed by atoms with van der Waals surface area (Å²) in [7, 11) is 1.60. The van der Waals surface area contributed by atoms with Gasteiger partial charge in [-0.25, -0.2) is 0 Å². The zero-order valence-corrected chi connectivity index (χ0v) is 11.9. The van der Waals surface area contributed by atoms with Crippen LogP contribution in [0.1, 0.15) is 19.8 Å². The molecule has 5 heteroatoms. The number of hydrogen-bond donors (Lipinski definition) is 3. The van der Waals surface area contributed by atoms with Crippen molar-refractivity contribution in [1.29, 1.82) is 0 Å². The van der Waals surface area contributed by atoms with Crippen molar-refractivity contribution in [2.24, 2.45) is 5.73 Å². The van der Waals surface area contributed by atoms with E-state index in [1.165, 1.54) is 6.07 Å². The normalized spacial score (nSPS) is 12.3. The van der Waals surface area contributed by atoms with Gasteiger partial charge >= 0.3 is 0 Å². The van der Waals surface area contributed by atoms with Crippen LogP contribution in [0.15, 0.2) is 29.2 Å². The minimum absolute atomic E-state index is 0.0182. The van der Waals surface area contributed by atoms with Gasteiger partial charge in [0.15, 0.2) is 5.43 Å². The van der Waals surface area contributed by atoms with Gasteiger partial charge in [0.05, 0.1) is 23.7 Å². The van der Waals surface area contributed by atoms with Crippen molar-refractivity contribution in [1.82, 2.24) is 4.98 Å². The van der Waals surface area contributed by atoms with Crippen LogP contribution in [0.5, 0.6) is 5.75 Å². The lowest BCUT2D eigenvalue weighted by Crippen LogP contribution is -2.17. The van der Waals surface area contributed by atoms with E-state index < -0.39 is 0 Å². The van der Waals surface area contributed by atoms with Crippen LogP contribution in [0.4, 0.5) is 5.69 Å². The number of ether oxygens (including phenoxy) is 1. The van der Waals surface area contributed by atoms with Gasteiger partial charge in [-0.05, 0) is 32.4 Å². The minimum atomic E-state index is -0.0182. The molecule has 0 fully saturated rings. The van der Waals surface area contributed by atoms with Gasteiger partial charge < -0.3 is 20.8 Å². The average Bonchev–Trinajstić information content (AvgIpc) is 2.45. The Kier molecular flexibility index (Phi) is 4.63. The molecule has 1 heterocycles. The number of nitrogens with two attached hydrogens (primary N) is 1. The number of hydrogen-bond acceptors (Lipinski definition) is 4. The highest BCUT2D eigenvalue weighted by Gasteiger charge is 2.10. The molecule has 4 N–H and O–H groups in total. The molecular weight excluding hydrogens is 254 g/mol. The summed E-state index contributed by atoms with van der Waals surface area (Å²) in [6.45, 7) is 2.78. The maximum Gasteiger partial charge on any atom is 0.189 e. The Bertz CT molecular complexity index is 637. The number of fused-ring (bicyclic) bond motifs is 1. The van der Waals surface area contributed by atoms with Gasteiger partial charge in [-0.2, -0.15) is 0 Å². The van der Waals surface area contributed by atoms with Crippen molar-refractivity contribution in [3.63, 3.8) is 0 Å². The number of aromatic amines is 1. The van der Waals surface area contributed by atoms with Crippen LogP contribution in [0, 0.1) is 0 Å². The molecule has 0 spiro atoms. The third kappa shape index (κ3) is 3.11. The number of anilines is 1. The Balaban J connectivity index is 2.40. The fraction of sp³-hybridized carbons (Fsp3) is 0.400. The zero-order chi connectivity index (χ0) is 14.5. The Labute approximate surface area is 118 Å². The summed E-state index contributed by atoms with van der Waals surface area (Å²) in [5.41, 5.74) is 7.19. The maximum absolute atomic E-state index is 11.9. The van der Waals surface area contributed by atoms with Crippen LogP contribution in [-0.4, -0.2) is 24.7 Å². The second-order valence-electron chi connectivity index (χ2n) is 4.92. The summed E-state index contributed by atoms with van der Waals surface area (Å²) in [6.07, 6.45) is 3.60. The van der Waals surface area contributed by atoms with Crippen molar-refractivity contribution < 1.29 is 4.74 Å². The molecule has 5 nitrogen and oxygen atoms in total. The number of nitrogens with one attached hydrogen (secondary N) is 2. The molecule has 2 aromatic rings. The van der Waals surface area contributed by atoms with Crippen LogP contribution in [0.2, 0.25) is 0 Å². The summed E-state index contributed by atoms with van der Waals surface area (Å²) < 4.78 is 5.27. The van der Waals surface area contributed by atoms with E-state index in [2.05, 4.69) is 17.2 Å². The van der Waals surface area contributed by atoms with E-state index in [1.807, 2.05) is 6.07 Å². The molecule has 0 aliphatic carbocycles. The Morgan fingerprint density at radius 2 is 2.25 bits per heavy atom. The van der Waals surface area contributed by atoms with Gasteiger partial charge in [-0.1, -0.05) is 0 Å². The van der Waals surface area contributed by atoms with E-state index in [-0.39, 0.29) is 11.5 Å². The molecule has 0 amide bonds. The summed E-state index contributed by atoms with van der Waals surface area (Å²) in [4.78, 5) is 15.1. The Morgan fingerprint density at radius 3 is 2.95 bits per heavy atom. The second-order valence-corrected chi connectivity index (χ2v) is 4.92. The first-order valence-corrected chi connectivity index (χ1v) is 6.81. The predicted molar refractivity (Wildman–Crippen MR) is 82.5 cm³/mol. The summed E-state index contributed by atoms with van der Waals surface area (Å²) >= 11 is 0. The lowest BCUT2D eigenvalue weighted by atomic mass is 10.1. The monoisotopic (exact) mass is 275 g/mol. The predicted octanol–water partition coefficient (Wildman–Crippen LogP) is 2.08. The summed E-state index contributed by atoms with van der Waals surface area (Å²) in [5, 5.41) is 4.04. The number of H-pyrrole nitrogens is 1. The molecular formula is C15H21N3O2. The third-order valence-electron chi connectivity index (χ3n) is 3.32. The molecule has 0 radical (unpaired) electrons. The van der Waals surface area contributed by atoms with Crippen LogP contribution in [0.3, 0.4) is 0 Å². The largest absolute Gasteiger partial charge is 0.497 e. The summed E-state index contributed by atoms with van der Waals surface area (Å²) in [5.74, 6) is 0.669. The van der Waals surface area contributed by atoms with E-state index in [9.17, 15) is 4.79 Å². The fourth-order valence-electron chi connectivity index (χ4n) is 2.25. The molecule has 1 aromatic carbocycles. The van der Waals surface area contributed by atoms with Gasteiger partial charge in [0, 0.05) is 24.4 Å². The second kappa shape index (κ2) is 6.43. The first-order valence-electron chi connectivity index (χ1n) is 6.81. The van der Waals surface area contributed by atoms with Crippen molar-refractivity contribution in [2.75, 3.05) is 19.0 Å². The molecule has 0 aliphatic rings. The van der Waals surface area contributed by atoms with E-state index in [1.54, 1.807) is 19.4 Å². The molecule has 1 aromatic heterocycles. The van der Waals surface area contributed by atoms with Gasteiger partial charge in [-0.3, -0.25) is 4.79 Å². The van der Waals surface area contributed by atoms with E-state index >= 15 is 0 Å². The molecule has 0 bridgehead atoms. The van der Waals surface area contributed by atoms with Crippen molar-refractivity contribution in [2.45, 2.75) is 25.8 Å². The quantitative estimate of drug-likeness (QED) is 0.754. The Morgan fingerprint density at radius 1 is 1.45 bits per heavy atom. The van der Waals surface area contributed by atoms with Crippen molar-refractivity contribution in [3.8, 4) is 5.75 Å². The lowest BCUT2D eigenvalue weighted by Gasteiger charge is -2.17. The SMILES string of the molecule is COc1cc(NC(C)CCCN)c2[nH]ccc(=O)c2c1. The zero-order valence-electron chi connectivity index (χ0n) is 11.9. The van der Waals surface area contributed by atoms with Gasteiger partial charge in [-0.15, -0.1) is 0 Å². The van der Waals surface area contributed by atoms with Crippen LogP contribution < -0.4 is 21.2 Å². The summed E-state index contributed by atoms with van der Waals surface area (Å²) in [6, 6.07) is 5.45. The topological polar surface area (TPSA) is 80.1 Å². The van der Waals surface area contributed by atoms with Crippen LogP contribution in [0.25, 0.3) is 10.9 Å². The minimum Gasteiger partial charge on any atom is -0.497 e. The first-order chi connectivity index (χ1) is 9.65.